The Morgan fingerprint density at radius 2 is 1.89 bits per heavy atom. The number of fused-ring (bicyclic) bond motifs is 1. The Kier molecular flexibility index (Phi) is 3.06. The molecule has 0 spiro atoms. The van der Waals surface area contributed by atoms with Gasteiger partial charge in [-0.05, 0) is 18.6 Å². The Labute approximate surface area is 111 Å². The largest absolute Gasteiger partial charge is 0.363 e. The zero-order valence-electron chi connectivity index (χ0n) is 10.6. The number of rotatable bonds is 3. The van der Waals surface area contributed by atoms with Crippen molar-refractivity contribution >= 4 is 16.7 Å². The SMILES string of the molecule is C[C@@H](Nc1ncnc2ccncc12)c1ccccc1. The zero-order valence-corrected chi connectivity index (χ0v) is 10.6. The van der Waals surface area contributed by atoms with Gasteiger partial charge in [0, 0.05) is 18.4 Å². The van der Waals surface area contributed by atoms with Gasteiger partial charge < -0.3 is 5.32 Å². The van der Waals surface area contributed by atoms with Crippen LogP contribution in [0, 0.1) is 0 Å². The second kappa shape index (κ2) is 5.02. The predicted molar refractivity (Wildman–Crippen MR) is 75.8 cm³/mol. The van der Waals surface area contributed by atoms with Crippen LogP contribution in [0.5, 0.6) is 0 Å². The minimum absolute atomic E-state index is 0.180. The molecule has 1 aromatic carbocycles. The third-order valence-corrected chi connectivity index (χ3v) is 3.09. The van der Waals surface area contributed by atoms with E-state index in [0.29, 0.717) is 0 Å². The highest BCUT2D eigenvalue weighted by molar-refractivity contribution is 5.87. The maximum atomic E-state index is 4.31. The number of aromatic nitrogens is 3. The van der Waals surface area contributed by atoms with Gasteiger partial charge >= 0.3 is 0 Å². The van der Waals surface area contributed by atoms with E-state index in [9.17, 15) is 0 Å². The average Bonchev–Trinajstić information content (AvgIpc) is 2.48. The fourth-order valence-electron chi connectivity index (χ4n) is 2.05. The van der Waals surface area contributed by atoms with E-state index in [2.05, 4.69) is 39.3 Å². The normalized spacial score (nSPS) is 12.3. The van der Waals surface area contributed by atoms with E-state index in [4.69, 9.17) is 0 Å². The van der Waals surface area contributed by atoms with Crippen LogP contribution in [0.3, 0.4) is 0 Å². The molecule has 0 saturated heterocycles. The first-order chi connectivity index (χ1) is 9.34. The van der Waals surface area contributed by atoms with Crippen LogP contribution in [-0.2, 0) is 0 Å². The van der Waals surface area contributed by atoms with E-state index in [-0.39, 0.29) is 6.04 Å². The van der Waals surface area contributed by atoms with Crippen molar-refractivity contribution in [3.05, 3.63) is 60.7 Å². The fourth-order valence-corrected chi connectivity index (χ4v) is 2.05. The molecule has 0 bridgehead atoms. The van der Waals surface area contributed by atoms with Crippen molar-refractivity contribution in [2.45, 2.75) is 13.0 Å². The molecule has 2 heterocycles. The molecule has 4 nitrogen and oxygen atoms in total. The van der Waals surface area contributed by atoms with Gasteiger partial charge in [0.25, 0.3) is 0 Å². The van der Waals surface area contributed by atoms with Gasteiger partial charge in [-0.15, -0.1) is 0 Å². The van der Waals surface area contributed by atoms with E-state index in [1.54, 1.807) is 18.7 Å². The summed E-state index contributed by atoms with van der Waals surface area (Å²) in [5.74, 6) is 0.814. The van der Waals surface area contributed by atoms with Gasteiger partial charge in [-0.2, -0.15) is 0 Å². The zero-order chi connectivity index (χ0) is 13.1. The number of hydrogen-bond acceptors (Lipinski definition) is 4. The molecule has 0 amide bonds. The van der Waals surface area contributed by atoms with Gasteiger partial charge in [0.1, 0.15) is 12.1 Å². The fraction of sp³-hybridized carbons (Fsp3) is 0.133. The summed E-state index contributed by atoms with van der Waals surface area (Å²) in [6.07, 6.45) is 5.09. The van der Waals surface area contributed by atoms with Crippen molar-refractivity contribution in [3.63, 3.8) is 0 Å². The lowest BCUT2D eigenvalue weighted by Crippen LogP contribution is -2.08. The smallest absolute Gasteiger partial charge is 0.139 e. The molecular weight excluding hydrogens is 236 g/mol. The highest BCUT2D eigenvalue weighted by Gasteiger charge is 2.08. The number of benzene rings is 1. The standard InChI is InChI=1S/C15H14N4/c1-11(12-5-3-2-4-6-12)19-15-13-9-16-8-7-14(13)17-10-18-15/h2-11H,1H3,(H,17,18,19)/t11-/m1/s1. The second-order valence-electron chi connectivity index (χ2n) is 4.39. The maximum absolute atomic E-state index is 4.31. The van der Waals surface area contributed by atoms with Crippen molar-refractivity contribution in [1.29, 1.82) is 0 Å². The van der Waals surface area contributed by atoms with Crippen molar-refractivity contribution in [3.8, 4) is 0 Å². The first-order valence-electron chi connectivity index (χ1n) is 6.21. The van der Waals surface area contributed by atoms with Gasteiger partial charge in [0.05, 0.1) is 10.9 Å². The van der Waals surface area contributed by atoms with Gasteiger partial charge in [0.2, 0.25) is 0 Å². The molecule has 3 rings (SSSR count). The predicted octanol–water partition coefficient (Wildman–Crippen LogP) is 3.20. The maximum Gasteiger partial charge on any atom is 0.139 e. The molecule has 0 aliphatic rings. The average molecular weight is 250 g/mol. The van der Waals surface area contributed by atoms with Crippen LogP contribution in [0.2, 0.25) is 0 Å². The molecule has 0 aliphatic heterocycles. The monoisotopic (exact) mass is 250 g/mol. The van der Waals surface area contributed by atoms with Gasteiger partial charge in [-0.25, -0.2) is 9.97 Å². The first-order valence-corrected chi connectivity index (χ1v) is 6.21. The lowest BCUT2D eigenvalue weighted by molar-refractivity contribution is 0.875. The van der Waals surface area contributed by atoms with Crippen molar-refractivity contribution in [2.24, 2.45) is 0 Å². The molecule has 4 heteroatoms. The molecule has 1 atom stereocenters. The Morgan fingerprint density at radius 1 is 1.05 bits per heavy atom. The molecule has 94 valence electrons. The minimum atomic E-state index is 0.180. The first kappa shape index (κ1) is 11.6. The van der Waals surface area contributed by atoms with Crippen molar-refractivity contribution in [1.82, 2.24) is 15.0 Å². The topological polar surface area (TPSA) is 50.7 Å². The second-order valence-corrected chi connectivity index (χ2v) is 4.39. The number of anilines is 1. The molecule has 19 heavy (non-hydrogen) atoms. The van der Waals surface area contributed by atoms with Crippen molar-refractivity contribution < 1.29 is 0 Å². The van der Waals surface area contributed by atoms with Crippen LogP contribution in [-0.4, -0.2) is 15.0 Å². The molecule has 3 aromatic rings. The summed E-state index contributed by atoms with van der Waals surface area (Å²) >= 11 is 0. The Bertz CT molecular complexity index is 677. The number of pyridine rings is 1. The summed E-state index contributed by atoms with van der Waals surface area (Å²) in [6.45, 7) is 2.11. The molecule has 0 aliphatic carbocycles. The molecular formula is C15H14N4. The van der Waals surface area contributed by atoms with Crippen LogP contribution >= 0.6 is 0 Å². The highest BCUT2D eigenvalue weighted by Crippen LogP contribution is 2.22. The summed E-state index contributed by atoms with van der Waals surface area (Å²) in [5, 5.41) is 4.35. The third-order valence-electron chi connectivity index (χ3n) is 3.09. The van der Waals surface area contributed by atoms with Gasteiger partial charge in [-0.1, -0.05) is 30.3 Å². The minimum Gasteiger partial charge on any atom is -0.363 e. The number of nitrogens with one attached hydrogen (secondary N) is 1. The summed E-state index contributed by atoms with van der Waals surface area (Å²) in [7, 11) is 0. The van der Waals surface area contributed by atoms with E-state index in [1.807, 2.05) is 24.3 Å². The van der Waals surface area contributed by atoms with Gasteiger partial charge in [0.15, 0.2) is 0 Å². The van der Waals surface area contributed by atoms with Crippen LogP contribution in [0.4, 0.5) is 5.82 Å². The van der Waals surface area contributed by atoms with Crippen LogP contribution in [0.1, 0.15) is 18.5 Å². The molecule has 2 aromatic heterocycles. The quantitative estimate of drug-likeness (QED) is 0.775. The highest BCUT2D eigenvalue weighted by atomic mass is 15.0. The Balaban J connectivity index is 1.94. The Morgan fingerprint density at radius 3 is 2.74 bits per heavy atom. The molecule has 0 unspecified atom stereocenters. The number of hydrogen-bond donors (Lipinski definition) is 1. The molecule has 0 radical (unpaired) electrons. The molecule has 0 fully saturated rings. The summed E-state index contributed by atoms with van der Waals surface area (Å²) in [4.78, 5) is 12.7. The summed E-state index contributed by atoms with van der Waals surface area (Å²) < 4.78 is 0. The Hall–Kier alpha value is -2.49. The van der Waals surface area contributed by atoms with Crippen LogP contribution < -0.4 is 5.32 Å². The van der Waals surface area contributed by atoms with Crippen molar-refractivity contribution in [2.75, 3.05) is 5.32 Å². The van der Waals surface area contributed by atoms with E-state index in [0.717, 1.165) is 16.7 Å². The van der Waals surface area contributed by atoms with Gasteiger partial charge in [-0.3, -0.25) is 4.98 Å². The lowest BCUT2D eigenvalue weighted by atomic mass is 10.1. The van der Waals surface area contributed by atoms with E-state index < -0.39 is 0 Å². The number of nitrogens with zero attached hydrogens (tertiary/aromatic N) is 3. The molecule has 0 saturated carbocycles. The lowest BCUT2D eigenvalue weighted by Gasteiger charge is -2.15. The van der Waals surface area contributed by atoms with E-state index >= 15 is 0 Å². The molecule has 1 N–H and O–H groups in total. The third kappa shape index (κ3) is 2.38. The van der Waals surface area contributed by atoms with Crippen LogP contribution in [0.15, 0.2) is 55.1 Å². The van der Waals surface area contributed by atoms with Crippen LogP contribution in [0.25, 0.3) is 10.9 Å². The van der Waals surface area contributed by atoms with E-state index in [1.165, 1.54) is 5.56 Å². The summed E-state index contributed by atoms with van der Waals surface area (Å²) in [5.41, 5.74) is 2.12. The summed E-state index contributed by atoms with van der Waals surface area (Å²) in [6, 6.07) is 12.3.